The molecule has 0 saturated carbocycles. The lowest BCUT2D eigenvalue weighted by Crippen LogP contribution is -2.12. The number of hydrogen-bond donors (Lipinski definition) is 1. The van der Waals surface area contributed by atoms with Crippen LogP contribution in [0.5, 0.6) is 11.5 Å². The van der Waals surface area contributed by atoms with Crippen LogP contribution in [0.15, 0.2) is 91.6 Å². The fourth-order valence-electron chi connectivity index (χ4n) is 3.69. The zero-order chi connectivity index (χ0) is 24.2. The average Bonchev–Trinajstić information content (AvgIpc) is 3.60. The molecule has 0 bridgehead atoms. The van der Waals surface area contributed by atoms with Gasteiger partial charge in [0.25, 0.3) is 5.91 Å². The van der Waals surface area contributed by atoms with Crippen LogP contribution in [0.1, 0.15) is 10.4 Å². The predicted octanol–water partition coefficient (Wildman–Crippen LogP) is 4.39. The van der Waals surface area contributed by atoms with E-state index in [2.05, 4.69) is 15.4 Å². The van der Waals surface area contributed by atoms with Crippen LogP contribution in [0.25, 0.3) is 22.6 Å². The highest BCUT2D eigenvalue weighted by atomic mass is 16.5. The van der Waals surface area contributed by atoms with Gasteiger partial charge in [0.15, 0.2) is 11.5 Å². The van der Waals surface area contributed by atoms with Crippen LogP contribution in [0.4, 0.5) is 5.69 Å². The normalized spacial score (nSPS) is 10.7. The van der Waals surface area contributed by atoms with Crippen molar-refractivity contribution >= 4 is 11.6 Å². The van der Waals surface area contributed by atoms with Crippen molar-refractivity contribution in [2.24, 2.45) is 0 Å². The number of amides is 1. The zero-order valence-corrected chi connectivity index (χ0v) is 19.1. The standard InChI is InChI=1S/C26H22N6O3/c1-34-23-13-8-18(14-24(23)35-2)25-22(15-31(30-25)20-6-4-3-5-7-20)26(33)29-19-9-11-21(12-10-19)32-17-27-16-28-32/h3-17H,1-2H3,(H,29,33). The summed E-state index contributed by atoms with van der Waals surface area (Å²) in [7, 11) is 3.15. The molecule has 1 amide bonds. The molecule has 0 atom stereocenters. The molecule has 0 aliphatic rings. The molecule has 174 valence electrons. The Morgan fingerprint density at radius 1 is 0.857 bits per heavy atom. The van der Waals surface area contributed by atoms with Crippen molar-refractivity contribution in [3.63, 3.8) is 0 Å². The minimum atomic E-state index is -0.287. The summed E-state index contributed by atoms with van der Waals surface area (Å²) in [6.45, 7) is 0. The maximum Gasteiger partial charge on any atom is 0.259 e. The van der Waals surface area contributed by atoms with Gasteiger partial charge in [0, 0.05) is 17.4 Å². The van der Waals surface area contributed by atoms with Gasteiger partial charge in [-0.15, -0.1) is 0 Å². The number of carbonyl (C=O) groups excluding carboxylic acids is 1. The molecule has 5 rings (SSSR count). The number of methoxy groups -OCH3 is 2. The van der Waals surface area contributed by atoms with Gasteiger partial charge in [-0.2, -0.15) is 10.2 Å². The molecule has 0 aliphatic heterocycles. The molecule has 3 aromatic carbocycles. The maximum absolute atomic E-state index is 13.4. The first-order valence-corrected chi connectivity index (χ1v) is 10.8. The van der Waals surface area contributed by atoms with Gasteiger partial charge in [-0.3, -0.25) is 4.79 Å². The van der Waals surface area contributed by atoms with E-state index < -0.39 is 0 Å². The quantitative estimate of drug-likeness (QED) is 0.382. The Balaban J connectivity index is 1.50. The minimum absolute atomic E-state index is 0.287. The largest absolute Gasteiger partial charge is 0.493 e. The van der Waals surface area contributed by atoms with Gasteiger partial charge in [-0.25, -0.2) is 14.3 Å². The molecule has 0 aliphatic carbocycles. The number of ether oxygens (including phenoxy) is 2. The van der Waals surface area contributed by atoms with Crippen LogP contribution >= 0.6 is 0 Å². The van der Waals surface area contributed by atoms with E-state index in [1.807, 2.05) is 60.7 Å². The Bertz CT molecular complexity index is 1440. The Morgan fingerprint density at radius 2 is 1.60 bits per heavy atom. The molecule has 0 radical (unpaired) electrons. The summed E-state index contributed by atoms with van der Waals surface area (Å²) < 4.78 is 14.1. The predicted molar refractivity (Wildman–Crippen MR) is 131 cm³/mol. The van der Waals surface area contributed by atoms with E-state index >= 15 is 0 Å². The second-order valence-corrected chi connectivity index (χ2v) is 7.58. The highest BCUT2D eigenvalue weighted by Gasteiger charge is 2.20. The number of nitrogens with one attached hydrogen (secondary N) is 1. The van der Waals surface area contributed by atoms with Gasteiger partial charge in [-0.05, 0) is 54.6 Å². The number of aromatic nitrogens is 5. The fraction of sp³-hybridized carbons (Fsp3) is 0.0769. The van der Waals surface area contributed by atoms with Crippen LogP contribution in [-0.2, 0) is 0 Å². The van der Waals surface area contributed by atoms with Gasteiger partial charge in [0.05, 0.1) is 31.2 Å². The number of carbonyl (C=O) groups is 1. The highest BCUT2D eigenvalue weighted by molar-refractivity contribution is 6.08. The topological polar surface area (TPSA) is 96.1 Å². The van der Waals surface area contributed by atoms with Crippen molar-refractivity contribution in [1.29, 1.82) is 0 Å². The second kappa shape index (κ2) is 9.52. The first kappa shape index (κ1) is 21.9. The van der Waals surface area contributed by atoms with Gasteiger partial charge >= 0.3 is 0 Å². The number of nitrogens with zero attached hydrogens (tertiary/aromatic N) is 5. The molecule has 2 aromatic heterocycles. The molecule has 9 heteroatoms. The first-order valence-electron chi connectivity index (χ1n) is 10.8. The average molecular weight is 467 g/mol. The lowest BCUT2D eigenvalue weighted by atomic mass is 10.1. The molecule has 0 unspecified atom stereocenters. The minimum Gasteiger partial charge on any atom is -0.493 e. The van der Waals surface area contributed by atoms with Crippen LogP contribution in [0, 0.1) is 0 Å². The SMILES string of the molecule is COc1ccc(-c2nn(-c3ccccc3)cc2C(=O)Nc2ccc(-n3cncn3)cc2)cc1OC. The van der Waals surface area contributed by atoms with Gasteiger partial charge < -0.3 is 14.8 Å². The van der Waals surface area contributed by atoms with Gasteiger partial charge in [-0.1, -0.05) is 18.2 Å². The first-order chi connectivity index (χ1) is 17.2. The molecular formula is C26H22N6O3. The molecule has 1 N–H and O–H groups in total. The fourth-order valence-corrected chi connectivity index (χ4v) is 3.69. The number of benzene rings is 3. The van der Waals surface area contributed by atoms with E-state index in [1.165, 1.54) is 6.33 Å². The van der Waals surface area contributed by atoms with Crippen LogP contribution in [-0.4, -0.2) is 44.7 Å². The lowest BCUT2D eigenvalue weighted by Gasteiger charge is -2.10. The smallest absolute Gasteiger partial charge is 0.259 e. The van der Waals surface area contributed by atoms with Crippen LogP contribution < -0.4 is 14.8 Å². The van der Waals surface area contributed by atoms with Crippen molar-refractivity contribution < 1.29 is 14.3 Å². The summed E-state index contributed by atoms with van der Waals surface area (Å²) in [5.74, 6) is 0.858. The molecule has 0 spiro atoms. The third-order valence-electron chi connectivity index (χ3n) is 5.45. The molecule has 2 heterocycles. The maximum atomic E-state index is 13.4. The van der Waals surface area contributed by atoms with E-state index in [4.69, 9.17) is 14.6 Å². The Hall–Kier alpha value is -4.92. The molecule has 0 fully saturated rings. The van der Waals surface area contributed by atoms with Crippen molar-refractivity contribution in [1.82, 2.24) is 24.5 Å². The summed E-state index contributed by atoms with van der Waals surface area (Å²) in [5, 5.41) is 11.8. The van der Waals surface area contributed by atoms with E-state index in [9.17, 15) is 4.79 Å². The summed E-state index contributed by atoms with van der Waals surface area (Å²) in [4.78, 5) is 17.4. The molecule has 0 saturated heterocycles. The lowest BCUT2D eigenvalue weighted by molar-refractivity contribution is 0.102. The Morgan fingerprint density at radius 3 is 2.29 bits per heavy atom. The zero-order valence-electron chi connectivity index (χ0n) is 19.1. The van der Waals surface area contributed by atoms with Crippen molar-refractivity contribution in [3.8, 4) is 34.1 Å². The Labute approximate surface area is 201 Å². The summed E-state index contributed by atoms with van der Waals surface area (Å²) in [6, 6.07) is 22.4. The third kappa shape index (κ3) is 4.47. The third-order valence-corrected chi connectivity index (χ3v) is 5.45. The van der Waals surface area contributed by atoms with Gasteiger partial charge in [0.2, 0.25) is 0 Å². The molecular weight excluding hydrogens is 444 g/mol. The Kier molecular flexibility index (Phi) is 5.96. The summed E-state index contributed by atoms with van der Waals surface area (Å²) in [6.07, 6.45) is 4.80. The van der Waals surface area contributed by atoms with Crippen LogP contribution in [0.3, 0.4) is 0 Å². The molecule has 35 heavy (non-hydrogen) atoms. The second-order valence-electron chi connectivity index (χ2n) is 7.58. The van der Waals surface area contributed by atoms with Crippen molar-refractivity contribution in [2.45, 2.75) is 0 Å². The van der Waals surface area contributed by atoms with E-state index in [0.717, 1.165) is 16.9 Å². The van der Waals surface area contributed by atoms with E-state index in [1.54, 1.807) is 48.2 Å². The molecule has 9 nitrogen and oxygen atoms in total. The number of anilines is 1. The van der Waals surface area contributed by atoms with E-state index in [0.29, 0.717) is 28.4 Å². The monoisotopic (exact) mass is 466 g/mol. The summed E-state index contributed by atoms with van der Waals surface area (Å²) in [5.41, 5.74) is 3.98. The van der Waals surface area contributed by atoms with Crippen LogP contribution in [0.2, 0.25) is 0 Å². The van der Waals surface area contributed by atoms with Gasteiger partial charge in [0.1, 0.15) is 18.3 Å². The van der Waals surface area contributed by atoms with Crippen molar-refractivity contribution in [2.75, 3.05) is 19.5 Å². The van der Waals surface area contributed by atoms with Crippen molar-refractivity contribution in [3.05, 3.63) is 97.2 Å². The number of para-hydroxylation sites is 1. The summed E-state index contributed by atoms with van der Waals surface area (Å²) >= 11 is 0. The van der Waals surface area contributed by atoms with E-state index in [-0.39, 0.29) is 5.91 Å². The molecule has 5 aromatic rings. The number of rotatable bonds is 7. The highest BCUT2D eigenvalue weighted by Crippen LogP contribution is 2.33. The number of hydrogen-bond acceptors (Lipinski definition) is 6.